The van der Waals surface area contributed by atoms with Gasteiger partial charge in [0.1, 0.15) is 23.7 Å². The Balaban J connectivity index is 1.77. The van der Waals surface area contributed by atoms with E-state index < -0.39 is 23.1 Å². The van der Waals surface area contributed by atoms with Crippen molar-refractivity contribution in [2.75, 3.05) is 0 Å². The fourth-order valence-corrected chi connectivity index (χ4v) is 2.34. The van der Waals surface area contributed by atoms with Gasteiger partial charge >= 0.3 is 0 Å². The van der Waals surface area contributed by atoms with Crippen molar-refractivity contribution in [2.45, 2.75) is 13.5 Å². The number of amides is 1. The van der Waals surface area contributed by atoms with E-state index in [-0.39, 0.29) is 12.4 Å². The first-order valence-electron chi connectivity index (χ1n) is 7.39. The van der Waals surface area contributed by atoms with E-state index in [1.165, 1.54) is 0 Å². The molecule has 1 amide bonds. The van der Waals surface area contributed by atoms with Crippen molar-refractivity contribution in [3.05, 3.63) is 70.9 Å². The first-order chi connectivity index (χ1) is 12.0. The molecular formula is C18H14F2N2O3. The first-order valence-corrected chi connectivity index (χ1v) is 7.39. The van der Waals surface area contributed by atoms with Crippen molar-refractivity contribution in [1.82, 2.24) is 5.16 Å². The van der Waals surface area contributed by atoms with Crippen molar-refractivity contribution < 1.29 is 22.8 Å². The molecule has 0 radical (unpaired) electrons. The summed E-state index contributed by atoms with van der Waals surface area (Å²) >= 11 is 0. The topological polar surface area (TPSA) is 78.4 Å². The second-order valence-electron chi connectivity index (χ2n) is 5.44. The molecule has 0 saturated carbocycles. The number of hydrogen-bond acceptors (Lipinski definition) is 4. The third-order valence-electron chi connectivity index (χ3n) is 3.54. The minimum Gasteiger partial charge on any atom is -0.484 e. The molecule has 0 aliphatic rings. The van der Waals surface area contributed by atoms with E-state index in [2.05, 4.69) is 5.16 Å². The van der Waals surface area contributed by atoms with Gasteiger partial charge in [-0.2, -0.15) is 0 Å². The third-order valence-corrected chi connectivity index (χ3v) is 3.54. The Morgan fingerprint density at radius 2 is 2.04 bits per heavy atom. The molecule has 0 fully saturated rings. The summed E-state index contributed by atoms with van der Waals surface area (Å²) in [6.45, 7) is 1.84. The number of primary amides is 1. The summed E-state index contributed by atoms with van der Waals surface area (Å²) in [5.74, 6) is -3.14. The predicted molar refractivity (Wildman–Crippen MR) is 85.9 cm³/mol. The normalized spacial score (nSPS) is 10.7. The first kappa shape index (κ1) is 16.6. The van der Waals surface area contributed by atoms with Crippen LogP contribution < -0.4 is 10.5 Å². The van der Waals surface area contributed by atoms with Gasteiger partial charge in [-0.25, -0.2) is 8.78 Å². The lowest BCUT2D eigenvalue weighted by molar-refractivity contribution is 0.0991. The quantitative estimate of drug-likeness (QED) is 0.767. The van der Waals surface area contributed by atoms with Crippen LogP contribution in [-0.2, 0) is 6.61 Å². The number of carbonyl (C=O) groups excluding carboxylic acids is 1. The Bertz CT molecular complexity index is 938. The van der Waals surface area contributed by atoms with Gasteiger partial charge in [-0.05, 0) is 25.1 Å². The van der Waals surface area contributed by atoms with E-state index >= 15 is 0 Å². The molecule has 1 heterocycles. The number of carbonyl (C=O) groups is 1. The highest BCUT2D eigenvalue weighted by atomic mass is 19.1. The maximum atomic E-state index is 14.1. The smallest absolute Gasteiger partial charge is 0.254 e. The Labute approximate surface area is 142 Å². The van der Waals surface area contributed by atoms with Gasteiger partial charge in [-0.1, -0.05) is 28.9 Å². The molecule has 1 aromatic heterocycles. The van der Waals surface area contributed by atoms with Gasteiger partial charge in [0.2, 0.25) is 0 Å². The molecule has 0 unspecified atom stereocenters. The van der Waals surface area contributed by atoms with E-state index in [1.807, 2.05) is 31.2 Å². The summed E-state index contributed by atoms with van der Waals surface area (Å²) in [6.07, 6.45) is 0. The summed E-state index contributed by atoms with van der Waals surface area (Å²) in [5, 5.41) is 3.85. The summed E-state index contributed by atoms with van der Waals surface area (Å²) in [6, 6.07) is 11.3. The van der Waals surface area contributed by atoms with Gasteiger partial charge in [0.15, 0.2) is 17.3 Å². The van der Waals surface area contributed by atoms with E-state index in [1.54, 1.807) is 6.07 Å². The van der Waals surface area contributed by atoms with Crippen LogP contribution in [0.5, 0.6) is 5.75 Å². The van der Waals surface area contributed by atoms with E-state index in [0.29, 0.717) is 11.5 Å². The zero-order valence-electron chi connectivity index (χ0n) is 13.3. The Morgan fingerprint density at radius 3 is 2.76 bits per heavy atom. The molecule has 2 aromatic carbocycles. The van der Waals surface area contributed by atoms with Crippen molar-refractivity contribution in [2.24, 2.45) is 5.73 Å². The van der Waals surface area contributed by atoms with Crippen LogP contribution in [-0.4, -0.2) is 11.1 Å². The van der Waals surface area contributed by atoms with Crippen LogP contribution in [0.25, 0.3) is 11.3 Å². The van der Waals surface area contributed by atoms with Gasteiger partial charge in [-0.15, -0.1) is 0 Å². The van der Waals surface area contributed by atoms with Crippen molar-refractivity contribution >= 4 is 5.91 Å². The number of ether oxygens (including phenoxy) is 1. The van der Waals surface area contributed by atoms with Crippen LogP contribution >= 0.6 is 0 Å². The number of benzene rings is 2. The minimum absolute atomic E-state index is 0.115. The molecule has 0 aliphatic heterocycles. The number of nitrogens with zero attached hydrogens (tertiary/aromatic N) is 1. The molecule has 128 valence electrons. The van der Waals surface area contributed by atoms with Gasteiger partial charge in [-0.3, -0.25) is 4.79 Å². The average molecular weight is 344 g/mol. The average Bonchev–Trinajstić information content (AvgIpc) is 3.03. The molecule has 25 heavy (non-hydrogen) atoms. The van der Waals surface area contributed by atoms with Gasteiger partial charge < -0.3 is 15.0 Å². The van der Waals surface area contributed by atoms with Crippen LogP contribution in [0, 0.1) is 18.6 Å². The lowest BCUT2D eigenvalue weighted by Gasteiger charge is -2.08. The maximum absolute atomic E-state index is 14.1. The van der Waals surface area contributed by atoms with Crippen molar-refractivity contribution in [3.63, 3.8) is 0 Å². The number of rotatable bonds is 5. The maximum Gasteiger partial charge on any atom is 0.254 e. The number of aromatic nitrogens is 1. The van der Waals surface area contributed by atoms with Gasteiger partial charge in [0.25, 0.3) is 5.91 Å². The molecule has 3 aromatic rings. The SMILES string of the molecule is Cc1cccc(-c2cc(COc3ccc(F)c(C(N)=O)c3F)no2)c1. The number of aryl methyl sites for hydroxylation is 1. The standard InChI is InChI=1S/C18H14F2N2O3/c1-10-3-2-4-11(7-10)15-8-12(22-25-15)9-24-14-6-5-13(19)16(17(14)20)18(21)23/h2-8H,9H2,1H3,(H2,21,23). The monoisotopic (exact) mass is 344 g/mol. The van der Waals surface area contributed by atoms with Gasteiger partial charge in [0, 0.05) is 11.6 Å². The molecule has 7 heteroatoms. The number of nitrogens with two attached hydrogens (primary N) is 1. The van der Waals surface area contributed by atoms with Crippen molar-refractivity contribution in [3.8, 4) is 17.1 Å². The van der Waals surface area contributed by atoms with Crippen LogP contribution in [0.15, 0.2) is 47.0 Å². The molecule has 0 spiro atoms. The molecule has 2 N–H and O–H groups in total. The Morgan fingerprint density at radius 1 is 1.24 bits per heavy atom. The number of hydrogen-bond donors (Lipinski definition) is 1. The van der Waals surface area contributed by atoms with Crippen LogP contribution in [0.2, 0.25) is 0 Å². The molecule has 5 nitrogen and oxygen atoms in total. The summed E-state index contributed by atoms with van der Waals surface area (Å²) in [5.41, 5.74) is 6.47. The lowest BCUT2D eigenvalue weighted by Crippen LogP contribution is -2.16. The summed E-state index contributed by atoms with van der Waals surface area (Å²) in [7, 11) is 0. The van der Waals surface area contributed by atoms with Gasteiger partial charge in [0.05, 0.1) is 0 Å². The zero-order valence-corrected chi connectivity index (χ0v) is 13.3. The summed E-state index contributed by atoms with van der Waals surface area (Å²) in [4.78, 5) is 11.1. The fourth-order valence-electron chi connectivity index (χ4n) is 2.34. The predicted octanol–water partition coefficient (Wildman–Crippen LogP) is 3.61. The fraction of sp³-hybridized carbons (Fsp3) is 0.111. The second-order valence-corrected chi connectivity index (χ2v) is 5.44. The minimum atomic E-state index is -1.20. The lowest BCUT2D eigenvalue weighted by atomic mass is 10.1. The molecule has 0 aliphatic carbocycles. The highest BCUT2D eigenvalue weighted by Gasteiger charge is 2.19. The summed E-state index contributed by atoms with van der Waals surface area (Å²) < 4.78 is 38.1. The van der Waals surface area contributed by atoms with Crippen molar-refractivity contribution in [1.29, 1.82) is 0 Å². The molecular weight excluding hydrogens is 330 g/mol. The van der Waals surface area contributed by atoms with Crippen LogP contribution in [0.4, 0.5) is 8.78 Å². The Kier molecular flexibility index (Phi) is 4.47. The van der Waals surface area contributed by atoms with E-state index in [4.69, 9.17) is 15.0 Å². The van der Waals surface area contributed by atoms with E-state index in [0.717, 1.165) is 23.3 Å². The molecule has 0 saturated heterocycles. The van der Waals surface area contributed by atoms with Crippen LogP contribution in [0.3, 0.4) is 0 Å². The van der Waals surface area contributed by atoms with Crippen LogP contribution in [0.1, 0.15) is 21.6 Å². The molecule has 0 bridgehead atoms. The highest BCUT2D eigenvalue weighted by molar-refractivity contribution is 5.93. The molecule has 3 rings (SSSR count). The highest BCUT2D eigenvalue weighted by Crippen LogP contribution is 2.25. The van der Waals surface area contributed by atoms with E-state index in [9.17, 15) is 13.6 Å². The number of halogens is 2. The zero-order chi connectivity index (χ0) is 18.0. The largest absolute Gasteiger partial charge is 0.484 e. The second kappa shape index (κ2) is 6.72. The molecule has 0 atom stereocenters. The Hall–Kier alpha value is -3.22. The third kappa shape index (κ3) is 3.50.